The third kappa shape index (κ3) is 9.49. The van der Waals surface area contributed by atoms with Gasteiger partial charge < -0.3 is 15.3 Å². The summed E-state index contributed by atoms with van der Waals surface area (Å²) < 4.78 is 0. The Morgan fingerprint density at radius 1 is 1.05 bits per heavy atom. The van der Waals surface area contributed by atoms with E-state index in [-0.39, 0.29) is 6.10 Å². The van der Waals surface area contributed by atoms with Gasteiger partial charge in [0.2, 0.25) is 0 Å². The lowest BCUT2D eigenvalue weighted by atomic mass is 9.97. The quantitative estimate of drug-likeness (QED) is 0.575. The van der Waals surface area contributed by atoms with Crippen molar-refractivity contribution < 1.29 is 5.11 Å². The van der Waals surface area contributed by atoms with E-state index in [1.54, 1.807) is 0 Å². The first-order valence-corrected chi connectivity index (χ1v) is 9.11. The summed E-state index contributed by atoms with van der Waals surface area (Å²) >= 11 is 0. The molecular weight excluding hydrogens is 260 g/mol. The van der Waals surface area contributed by atoms with Crippen LogP contribution in [-0.2, 0) is 0 Å². The first kappa shape index (κ1) is 18.9. The minimum absolute atomic E-state index is 0.0807. The van der Waals surface area contributed by atoms with Crippen LogP contribution in [0.4, 0.5) is 0 Å². The van der Waals surface area contributed by atoms with E-state index < -0.39 is 0 Å². The summed E-state index contributed by atoms with van der Waals surface area (Å²) in [5.74, 6) is 1.61. The summed E-state index contributed by atoms with van der Waals surface area (Å²) in [6.07, 6.45) is 7.36. The fraction of sp³-hybridized carbons (Fsp3) is 1.00. The number of aliphatic hydroxyl groups is 1. The molecule has 1 unspecified atom stereocenters. The predicted octanol–water partition coefficient (Wildman–Crippen LogP) is 3.27. The molecule has 2 N–H and O–H groups in total. The van der Waals surface area contributed by atoms with E-state index in [0.717, 1.165) is 44.4 Å². The van der Waals surface area contributed by atoms with E-state index in [4.69, 9.17) is 0 Å². The Morgan fingerprint density at radius 3 is 2.14 bits per heavy atom. The normalized spacial score (nSPS) is 20.3. The van der Waals surface area contributed by atoms with Gasteiger partial charge in [0, 0.05) is 19.1 Å². The second kappa shape index (κ2) is 10.6. The van der Waals surface area contributed by atoms with Gasteiger partial charge in [0.05, 0.1) is 6.10 Å². The lowest BCUT2D eigenvalue weighted by Gasteiger charge is -2.22. The number of rotatable bonds is 11. The van der Waals surface area contributed by atoms with Crippen molar-refractivity contribution in [1.29, 1.82) is 0 Å². The molecule has 1 heterocycles. The van der Waals surface area contributed by atoms with Crippen LogP contribution in [0.3, 0.4) is 0 Å². The van der Waals surface area contributed by atoms with E-state index >= 15 is 0 Å². The van der Waals surface area contributed by atoms with E-state index in [2.05, 4.69) is 37.9 Å². The number of β-amino-alcohol motifs (C(OH)–C–C–N with tert-alkyl or cyclic N) is 1. The highest BCUT2D eigenvalue weighted by Gasteiger charge is 2.19. The zero-order valence-corrected chi connectivity index (χ0v) is 14.8. The fourth-order valence-corrected chi connectivity index (χ4v) is 3.04. The van der Waals surface area contributed by atoms with Gasteiger partial charge >= 0.3 is 0 Å². The molecule has 0 radical (unpaired) electrons. The molecule has 1 aliphatic rings. The Kier molecular flexibility index (Phi) is 9.54. The van der Waals surface area contributed by atoms with Gasteiger partial charge in [-0.15, -0.1) is 0 Å². The number of aliphatic hydroxyl groups excluding tert-OH is 1. The Morgan fingerprint density at radius 2 is 1.67 bits per heavy atom. The molecule has 0 aromatic carbocycles. The lowest BCUT2D eigenvalue weighted by molar-refractivity contribution is 0.176. The number of hydrogen-bond acceptors (Lipinski definition) is 3. The van der Waals surface area contributed by atoms with Crippen LogP contribution in [0.1, 0.15) is 66.2 Å². The molecule has 0 saturated carbocycles. The van der Waals surface area contributed by atoms with Crippen LogP contribution in [0.15, 0.2) is 0 Å². The Balaban J connectivity index is 2.14. The smallest absolute Gasteiger partial charge is 0.0679 e. The van der Waals surface area contributed by atoms with Gasteiger partial charge in [-0.1, -0.05) is 27.7 Å². The Hall–Kier alpha value is -0.120. The summed E-state index contributed by atoms with van der Waals surface area (Å²) in [7, 11) is 0. The van der Waals surface area contributed by atoms with Crippen molar-refractivity contribution in [3.8, 4) is 0 Å². The van der Waals surface area contributed by atoms with Crippen LogP contribution in [0.2, 0.25) is 0 Å². The average Bonchev–Trinajstić information content (AvgIpc) is 2.82. The maximum atomic E-state index is 9.53. The molecule has 126 valence electrons. The van der Waals surface area contributed by atoms with Gasteiger partial charge in [0.1, 0.15) is 0 Å². The van der Waals surface area contributed by atoms with Gasteiger partial charge in [-0.05, 0) is 63.5 Å². The summed E-state index contributed by atoms with van der Waals surface area (Å²) in [6.45, 7) is 13.5. The minimum Gasteiger partial charge on any atom is -0.392 e. The number of likely N-dealkylation sites (tertiary alicyclic amines) is 1. The summed E-state index contributed by atoms with van der Waals surface area (Å²) in [4.78, 5) is 2.39. The molecular formula is C18H38N2O. The molecule has 1 rings (SSSR count). The van der Waals surface area contributed by atoms with Crippen molar-refractivity contribution in [2.24, 2.45) is 11.8 Å². The number of nitrogens with one attached hydrogen (secondary N) is 1. The van der Waals surface area contributed by atoms with Crippen LogP contribution < -0.4 is 5.32 Å². The van der Waals surface area contributed by atoms with Crippen molar-refractivity contribution in [3.05, 3.63) is 0 Å². The first-order chi connectivity index (χ1) is 9.97. The number of nitrogens with zero attached hydrogens (tertiary/aromatic N) is 1. The molecule has 0 amide bonds. The van der Waals surface area contributed by atoms with Crippen LogP contribution in [0, 0.1) is 11.8 Å². The fourth-order valence-electron chi connectivity index (χ4n) is 3.04. The predicted molar refractivity (Wildman–Crippen MR) is 91.6 cm³/mol. The molecule has 0 bridgehead atoms. The SMILES string of the molecule is CC(C)CCC(CCC(C)C)NCCCN1CCC(O)C1. The monoisotopic (exact) mass is 298 g/mol. The lowest BCUT2D eigenvalue weighted by Crippen LogP contribution is -2.33. The maximum Gasteiger partial charge on any atom is 0.0679 e. The highest BCUT2D eigenvalue weighted by molar-refractivity contribution is 4.75. The Labute approximate surface area is 132 Å². The summed E-state index contributed by atoms with van der Waals surface area (Å²) in [5.41, 5.74) is 0. The molecule has 0 aromatic heterocycles. The molecule has 0 aromatic rings. The van der Waals surface area contributed by atoms with Crippen LogP contribution in [-0.4, -0.2) is 48.3 Å². The van der Waals surface area contributed by atoms with Crippen molar-refractivity contribution in [3.63, 3.8) is 0 Å². The average molecular weight is 299 g/mol. The van der Waals surface area contributed by atoms with Gasteiger partial charge in [-0.3, -0.25) is 0 Å². The van der Waals surface area contributed by atoms with Gasteiger partial charge in [0.15, 0.2) is 0 Å². The van der Waals surface area contributed by atoms with Crippen molar-refractivity contribution in [1.82, 2.24) is 10.2 Å². The van der Waals surface area contributed by atoms with Crippen molar-refractivity contribution in [2.75, 3.05) is 26.2 Å². The molecule has 21 heavy (non-hydrogen) atoms. The van der Waals surface area contributed by atoms with Gasteiger partial charge in [-0.2, -0.15) is 0 Å². The van der Waals surface area contributed by atoms with Gasteiger partial charge in [0.25, 0.3) is 0 Å². The molecule has 0 aliphatic carbocycles. The van der Waals surface area contributed by atoms with Crippen LogP contribution in [0.5, 0.6) is 0 Å². The van der Waals surface area contributed by atoms with E-state index in [0.29, 0.717) is 6.04 Å². The standard InChI is InChI=1S/C18H38N2O/c1-15(2)6-8-17(9-7-16(3)4)19-11-5-12-20-13-10-18(21)14-20/h15-19,21H,5-14H2,1-4H3. The summed E-state index contributed by atoms with van der Waals surface area (Å²) in [5, 5.41) is 13.3. The largest absolute Gasteiger partial charge is 0.392 e. The second-order valence-corrected chi connectivity index (χ2v) is 7.69. The van der Waals surface area contributed by atoms with Crippen LogP contribution in [0.25, 0.3) is 0 Å². The maximum absolute atomic E-state index is 9.53. The van der Waals surface area contributed by atoms with Gasteiger partial charge in [-0.25, -0.2) is 0 Å². The first-order valence-electron chi connectivity index (χ1n) is 9.11. The van der Waals surface area contributed by atoms with E-state index in [1.807, 2.05) is 0 Å². The van der Waals surface area contributed by atoms with Crippen molar-refractivity contribution >= 4 is 0 Å². The second-order valence-electron chi connectivity index (χ2n) is 7.69. The molecule has 3 nitrogen and oxygen atoms in total. The molecule has 0 spiro atoms. The summed E-state index contributed by atoms with van der Waals surface area (Å²) in [6, 6.07) is 0.693. The highest BCUT2D eigenvalue weighted by Crippen LogP contribution is 2.14. The minimum atomic E-state index is -0.0807. The zero-order valence-electron chi connectivity index (χ0n) is 14.8. The molecule has 1 fully saturated rings. The van der Waals surface area contributed by atoms with Crippen LogP contribution >= 0.6 is 0 Å². The zero-order chi connectivity index (χ0) is 15.7. The molecule has 1 saturated heterocycles. The Bertz CT molecular complexity index is 244. The van der Waals surface area contributed by atoms with Crippen molar-refractivity contribution in [2.45, 2.75) is 78.4 Å². The highest BCUT2D eigenvalue weighted by atomic mass is 16.3. The third-order valence-electron chi connectivity index (χ3n) is 4.52. The molecule has 1 atom stereocenters. The number of hydrogen-bond donors (Lipinski definition) is 2. The molecule has 3 heteroatoms. The van der Waals surface area contributed by atoms with E-state index in [1.165, 1.54) is 32.1 Å². The topological polar surface area (TPSA) is 35.5 Å². The molecule has 1 aliphatic heterocycles. The van der Waals surface area contributed by atoms with E-state index in [9.17, 15) is 5.11 Å². The third-order valence-corrected chi connectivity index (χ3v) is 4.52.